The van der Waals surface area contributed by atoms with Crippen molar-refractivity contribution in [3.05, 3.63) is 105 Å². The number of carbonyl (C=O) groups excluding carboxylic acids is 2. The molecule has 3 aromatic carbocycles. The first-order valence-electron chi connectivity index (χ1n) is 12.0. The highest BCUT2D eigenvalue weighted by Gasteiger charge is 2.19. The molecule has 0 aliphatic rings. The highest BCUT2D eigenvalue weighted by Crippen LogP contribution is 2.35. The lowest BCUT2D eigenvalue weighted by atomic mass is 10.1. The number of carbonyl (C=O) groups is 2. The smallest absolute Gasteiger partial charge is 0.246 e. The number of hydrogen-bond donors (Lipinski definition) is 1. The first kappa shape index (κ1) is 30.0. The third kappa shape index (κ3) is 7.51. The lowest BCUT2D eigenvalue weighted by Gasteiger charge is -2.21. The first-order valence-corrected chi connectivity index (χ1v) is 12.7. The Hall–Kier alpha value is -3.58. The van der Waals surface area contributed by atoms with Crippen LogP contribution in [0.5, 0.6) is 5.75 Å². The summed E-state index contributed by atoms with van der Waals surface area (Å²) >= 11 is 13.1. The minimum Gasteiger partial charge on any atom is -0.487 e. The zero-order valence-electron chi connectivity index (χ0n) is 21.7. The number of para-hydroxylation sites is 1. The zero-order chi connectivity index (χ0) is 27.2. The number of aryl methyl sites for hydroxylation is 2. The van der Waals surface area contributed by atoms with Gasteiger partial charge in [-0.15, -0.1) is 12.4 Å². The number of ether oxygens (including phenoxy) is 1. The number of nitrogens with zero attached hydrogens (tertiary/aromatic N) is 2. The molecule has 9 heteroatoms. The van der Waals surface area contributed by atoms with E-state index in [1.807, 2.05) is 68.4 Å². The third-order valence-electron chi connectivity index (χ3n) is 6.01. The van der Waals surface area contributed by atoms with Gasteiger partial charge < -0.3 is 15.0 Å². The summed E-state index contributed by atoms with van der Waals surface area (Å²) in [6, 6.07) is 20.7. The van der Waals surface area contributed by atoms with Crippen molar-refractivity contribution in [2.24, 2.45) is 0 Å². The third-order valence-corrected chi connectivity index (χ3v) is 6.79. The largest absolute Gasteiger partial charge is 0.487 e. The van der Waals surface area contributed by atoms with Crippen molar-refractivity contribution >= 4 is 70.1 Å². The maximum Gasteiger partial charge on any atom is 0.246 e. The Morgan fingerprint density at radius 2 is 1.74 bits per heavy atom. The molecule has 0 saturated carbocycles. The molecule has 202 valence electrons. The van der Waals surface area contributed by atoms with Gasteiger partial charge in [0.25, 0.3) is 0 Å². The zero-order valence-corrected chi connectivity index (χ0v) is 24.0. The average Bonchev–Trinajstić information content (AvgIpc) is 2.91. The summed E-state index contributed by atoms with van der Waals surface area (Å²) in [6.07, 6.45) is 3.09. The number of halogens is 3. The Bertz CT molecular complexity index is 1520. The van der Waals surface area contributed by atoms with Crippen molar-refractivity contribution in [3.63, 3.8) is 0 Å². The molecule has 39 heavy (non-hydrogen) atoms. The molecule has 0 saturated heterocycles. The van der Waals surface area contributed by atoms with Crippen LogP contribution in [-0.2, 0) is 16.2 Å². The predicted octanol–water partition coefficient (Wildman–Crippen LogP) is 6.95. The Balaban J connectivity index is 0.00000420. The van der Waals surface area contributed by atoms with Gasteiger partial charge in [-0.25, -0.2) is 4.98 Å². The summed E-state index contributed by atoms with van der Waals surface area (Å²) in [4.78, 5) is 31.0. The van der Waals surface area contributed by atoms with Crippen LogP contribution in [0.15, 0.2) is 72.8 Å². The van der Waals surface area contributed by atoms with E-state index in [1.165, 1.54) is 11.0 Å². The van der Waals surface area contributed by atoms with Gasteiger partial charge in [-0.1, -0.05) is 71.2 Å². The number of benzene rings is 3. The molecule has 4 rings (SSSR count). The molecule has 1 N–H and O–H groups in total. The number of hydrogen-bond acceptors (Lipinski definition) is 4. The van der Waals surface area contributed by atoms with E-state index in [1.54, 1.807) is 25.3 Å². The van der Waals surface area contributed by atoms with Crippen LogP contribution < -0.4 is 15.0 Å². The molecule has 0 radical (unpaired) electrons. The van der Waals surface area contributed by atoms with Crippen LogP contribution in [0, 0.1) is 13.8 Å². The summed E-state index contributed by atoms with van der Waals surface area (Å²) in [7, 11) is 1.59. The lowest BCUT2D eigenvalue weighted by Crippen LogP contribution is -2.37. The molecular weight excluding hydrogens is 557 g/mol. The maximum absolute atomic E-state index is 12.8. The standard InChI is InChI=1S/C30H27Cl2N3O3.ClH/c1-19-7-10-21(11-8-19)12-16-27(36)33-17-28(37)35(3)25-15-14-24(31)23(29(25)32)18-38-26-6-4-5-22-13-9-20(2)34-30(22)26;/h4-16H,17-18H2,1-3H3,(H,33,36);1H/b16-12+;. The first-order chi connectivity index (χ1) is 18.2. The van der Waals surface area contributed by atoms with Gasteiger partial charge in [0.05, 0.1) is 17.3 Å². The molecule has 0 aliphatic carbocycles. The SMILES string of the molecule is Cc1ccc(/C=C/C(=O)NCC(=O)N(C)c2ccc(Cl)c(COc3cccc4ccc(C)nc34)c2Cl)cc1.Cl. The monoisotopic (exact) mass is 583 g/mol. The summed E-state index contributed by atoms with van der Waals surface area (Å²) in [5.74, 6) is -0.107. The van der Waals surface area contributed by atoms with Crippen LogP contribution >= 0.6 is 35.6 Å². The van der Waals surface area contributed by atoms with Gasteiger partial charge in [0.2, 0.25) is 11.8 Å². The second-order valence-corrected chi connectivity index (χ2v) is 9.63. The van der Waals surface area contributed by atoms with Gasteiger partial charge in [-0.05, 0) is 49.8 Å². The van der Waals surface area contributed by atoms with Crippen LogP contribution in [0.3, 0.4) is 0 Å². The van der Waals surface area contributed by atoms with Gasteiger partial charge >= 0.3 is 0 Å². The van der Waals surface area contributed by atoms with Crippen molar-refractivity contribution in [2.45, 2.75) is 20.5 Å². The Labute approximate surface area is 244 Å². The minimum atomic E-state index is -0.373. The fourth-order valence-corrected chi connectivity index (χ4v) is 4.39. The Morgan fingerprint density at radius 1 is 1.00 bits per heavy atom. The average molecular weight is 585 g/mol. The highest BCUT2D eigenvalue weighted by atomic mass is 35.5. The van der Waals surface area contributed by atoms with E-state index >= 15 is 0 Å². The van der Waals surface area contributed by atoms with E-state index in [4.69, 9.17) is 27.9 Å². The van der Waals surface area contributed by atoms with Crippen LogP contribution in [0.25, 0.3) is 17.0 Å². The summed E-state index contributed by atoms with van der Waals surface area (Å²) in [5, 5.41) is 4.28. The van der Waals surface area contributed by atoms with Crippen molar-refractivity contribution in [1.29, 1.82) is 0 Å². The Morgan fingerprint density at radius 3 is 2.49 bits per heavy atom. The number of rotatable bonds is 8. The maximum atomic E-state index is 12.8. The summed E-state index contributed by atoms with van der Waals surface area (Å²) < 4.78 is 6.07. The molecule has 6 nitrogen and oxygen atoms in total. The number of pyridine rings is 1. The number of fused-ring (bicyclic) bond motifs is 1. The van der Waals surface area contributed by atoms with Crippen molar-refractivity contribution in [1.82, 2.24) is 10.3 Å². The molecule has 1 aromatic heterocycles. The molecule has 0 unspecified atom stereocenters. The van der Waals surface area contributed by atoms with E-state index in [-0.39, 0.29) is 37.4 Å². The molecular formula is C30H28Cl3N3O3. The number of nitrogens with one attached hydrogen (secondary N) is 1. The van der Waals surface area contributed by atoms with Gasteiger partial charge in [-0.2, -0.15) is 0 Å². The van der Waals surface area contributed by atoms with Crippen LogP contribution in [-0.4, -0.2) is 30.4 Å². The van der Waals surface area contributed by atoms with Crippen molar-refractivity contribution in [2.75, 3.05) is 18.5 Å². The molecule has 1 heterocycles. The number of amides is 2. The quantitative estimate of drug-likeness (QED) is 0.228. The van der Waals surface area contributed by atoms with E-state index in [9.17, 15) is 9.59 Å². The number of aromatic nitrogens is 1. The second-order valence-electron chi connectivity index (χ2n) is 8.84. The molecule has 0 atom stereocenters. The van der Waals surface area contributed by atoms with Gasteiger partial charge in [0.1, 0.15) is 17.9 Å². The van der Waals surface area contributed by atoms with Crippen LogP contribution in [0.2, 0.25) is 10.0 Å². The summed E-state index contributed by atoms with van der Waals surface area (Å²) in [6.45, 7) is 3.81. The van der Waals surface area contributed by atoms with Crippen LogP contribution in [0.4, 0.5) is 5.69 Å². The van der Waals surface area contributed by atoms with E-state index in [0.717, 1.165) is 27.7 Å². The minimum absolute atomic E-state index is 0. The molecule has 4 aromatic rings. The summed E-state index contributed by atoms with van der Waals surface area (Å²) in [5.41, 5.74) is 4.65. The molecule has 0 bridgehead atoms. The highest BCUT2D eigenvalue weighted by molar-refractivity contribution is 6.38. The number of likely N-dealkylation sites (N-methyl/N-ethyl adjacent to an activating group) is 1. The Kier molecular flexibility index (Phi) is 10.4. The normalized spacial score (nSPS) is 10.8. The van der Waals surface area contributed by atoms with Gasteiger partial charge in [0, 0.05) is 34.8 Å². The lowest BCUT2D eigenvalue weighted by molar-refractivity contribution is -0.122. The topological polar surface area (TPSA) is 71.5 Å². The van der Waals surface area contributed by atoms with Crippen molar-refractivity contribution < 1.29 is 14.3 Å². The van der Waals surface area contributed by atoms with E-state index in [2.05, 4.69) is 10.3 Å². The second kappa shape index (κ2) is 13.5. The molecule has 2 amide bonds. The van der Waals surface area contributed by atoms with Crippen LogP contribution in [0.1, 0.15) is 22.4 Å². The van der Waals surface area contributed by atoms with Crippen molar-refractivity contribution in [3.8, 4) is 5.75 Å². The predicted molar refractivity (Wildman–Crippen MR) is 161 cm³/mol. The number of anilines is 1. The van der Waals surface area contributed by atoms with Gasteiger partial charge in [-0.3, -0.25) is 9.59 Å². The fourth-order valence-electron chi connectivity index (χ4n) is 3.78. The van der Waals surface area contributed by atoms with Gasteiger partial charge in [0.15, 0.2) is 0 Å². The van der Waals surface area contributed by atoms with E-state index < -0.39 is 0 Å². The molecule has 0 spiro atoms. The molecule has 0 fully saturated rings. The van der Waals surface area contributed by atoms with E-state index in [0.29, 0.717) is 27.0 Å². The molecule has 0 aliphatic heterocycles. The fraction of sp³-hybridized carbons (Fsp3) is 0.167.